The molecule has 8 nitrogen and oxygen atoms in total. The molecule has 0 radical (unpaired) electrons. The summed E-state index contributed by atoms with van der Waals surface area (Å²) in [5, 5.41) is 12.7. The molecular weight excluding hydrogens is 420 g/mol. The molecule has 0 unspecified atom stereocenters. The van der Waals surface area contributed by atoms with Crippen molar-refractivity contribution in [3.05, 3.63) is 16.1 Å². The number of anilines is 1. The van der Waals surface area contributed by atoms with E-state index in [2.05, 4.69) is 53.2 Å². The third-order valence-electron chi connectivity index (χ3n) is 7.06. The first kappa shape index (κ1) is 21.3. The average Bonchev–Trinajstić information content (AvgIpc) is 3.20. The molecule has 0 bridgehead atoms. The largest absolute Gasteiger partial charge is 0.342 e. The Morgan fingerprint density at radius 2 is 1.87 bits per heavy atom. The van der Waals surface area contributed by atoms with Crippen LogP contribution in [0.4, 0.5) is 5.95 Å². The number of amides is 2. The van der Waals surface area contributed by atoms with Crippen molar-refractivity contribution in [2.45, 2.75) is 51.6 Å². The Morgan fingerprint density at radius 3 is 2.43 bits per heavy atom. The van der Waals surface area contributed by atoms with Gasteiger partial charge in [-0.1, -0.05) is 39.5 Å². The van der Waals surface area contributed by atoms with Gasteiger partial charge in [0.15, 0.2) is 0 Å². The van der Waals surface area contributed by atoms with Crippen LogP contribution in [0.2, 0.25) is 0 Å². The van der Waals surface area contributed by atoms with Gasteiger partial charge in [-0.3, -0.25) is 14.9 Å². The highest BCUT2D eigenvalue weighted by atomic mass is 32.2. The smallest absolute Gasteiger partial charge is 0.277 e. The number of rotatable bonds is 5. The zero-order chi connectivity index (χ0) is 21.7. The van der Waals surface area contributed by atoms with Crippen LogP contribution in [0.1, 0.15) is 62.0 Å². The molecule has 2 aromatic rings. The molecule has 30 heavy (non-hydrogen) atoms. The number of hydrogen-bond acceptors (Lipinski definition) is 7. The van der Waals surface area contributed by atoms with Crippen LogP contribution in [0.15, 0.2) is 10.5 Å². The zero-order valence-corrected chi connectivity index (χ0v) is 19.6. The number of thioether (sulfide) groups is 1. The number of carbonyl (C=O) groups excluding carboxylic acids is 2. The predicted molar refractivity (Wildman–Crippen MR) is 118 cm³/mol. The molecule has 1 aliphatic carbocycles. The number of thiazole rings is 1. The molecule has 0 atom stereocenters. The van der Waals surface area contributed by atoms with Crippen molar-refractivity contribution >= 4 is 40.9 Å². The van der Waals surface area contributed by atoms with Crippen LogP contribution in [-0.4, -0.2) is 56.2 Å². The summed E-state index contributed by atoms with van der Waals surface area (Å²) >= 11 is 2.90. The second-order valence-corrected chi connectivity index (χ2v) is 10.8. The fraction of sp³-hybridized carbons (Fsp3) is 0.650. The monoisotopic (exact) mass is 448 g/mol. The fourth-order valence-electron chi connectivity index (χ4n) is 4.49. The average molecular weight is 449 g/mol. The quantitative estimate of drug-likeness (QED) is 0.677. The van der Waals surface area contributed by atoms with Crippen LogP contribution in [0.5, 0.6) is 0 Å². The van der Waals surface area contributed by atoms with Crippen LogP contribution in [0.25, 0.3) is 0 Å². The molecule has 2 aliphatic rings. The second-order valence-electron chi connectivity index (χ2n) is 9.17. The molecule has 162 valence electrons. The van der Waals surface area contributed by atoms with Gasteiger partial charge in [0, 0.05) is 30.3 Å². The number of H-pyrrole nitrogens is 1. The van der Waals surface area contributed by atoms with Crippen LogP contribution < -0.4 is 5.32 Å². The van der Waals surface area contributed by atoms with E-state index >= 15 is 0 Å². The third kappa shape index (κ3) is 3.64. The van der Waals surface area contributed by atoms with Gasteiger partial charge in [-0.15, -0.1) is 16.4 Å². The van der Waals surface area contributed by atoms with E-state index in [0.717, 1.165) is 30.9 Å². The number of aromatic nitrogens is 4. The maximum Gasteiger partial charge on any atom is 0.277 e. The summed E-state index contributed by atoms with van der Waals surface area (Å²) in [6.07, 6.45) is 3.63. The van der Waals surface area contributed by atoms with Crippen LogP contribution >= 0.6 is 23.1 Å². The summed E-state index contributed by atoms with van der Waals surface area (Å²) < 4.78 is 0. The summed E-state index contributed by atoms with van der Waals surface area (Å²) in [6.45, 7) is 10.2. The fourth-order valence-corrected chi connectivity index (χ4v) is 5.78. The predicted octanol–water partition coefficient (Wildman–Crippen LogP) is 3.62. The van der Waals surface area contributed by atoms with Crippen molar-refractivity contribution in [3.8, 4) is 0 Å². The molecule has 4 rings (SSSR count). The lowest BCUT2D eigenvalue weighted by atomic mass is 9.96. The van der Waals surface area contributed by atoms with Gasteiger partial charge in [-0.05, 0) is 29.9 Å². The normalized spacial score (nSPS) is 20.9. The highest BCUT2D eigenvalue weighted by Gasteiger charge is 2.68. The van der Waals surface area contributed by atoms with Crippen molar-refractivity contribution in [3.63, 3.8) is 0 Å². The Hall–Kier alpha value is -1.94. The maximum absolute atomic E-state index is 13.0. The number of likely N-dealkylation sites (tertiary alicyclic amines) is 1. The number of carbonyl (C=O) groups is 2. The minimum Gasteiger partial charge on any atom is -0.342 e. The van der Waals surface area contributed by atoms with E-state index in [-0.39, 0.29) is 28.6 Å². The number of nitrogens with one attached hydrogen (secondary N) is 2. The Balaban J connectivity index is 1.33. The molecule has 1 saturated carbocycles. The number of hydrogen-bond donors (Lipinski definition) is 2. The first-order valence-electron chi connectivity index (χ1n) is 10.2. The molecule has 0 spiro atoms. The minimum absolute atomic E-state index is 0.0681. The molecule has 1 aliphatic heterocycles. The van der Waals surface area contributed by atoms with Gasteiger partial charge >= 0.3 is 0 Å². The van der Waals surface area contributed by atoms with Gasteiger partial charge in [-0.25, -0.2) is 10.1 Å². The van der Waals surface area contributed by atoms with Gasteiger partial charge in [0.25, 0.3) is 5.91 Å². The van der Waals surface area contributed by atoms with E-state index in [9.17, 15) is 9.59 Å². The van der Waals surface area contributed by atoms with Crippen LogP contribution in [0.3, 0.4) is 0 Å². The van der Waals surface area contributed by atoms with E-state index in [1.54, 1.807) is 5.38 Å². The van der Waals surface area contributed by atoms with Crippen molar-refractivity contribution < 1.29 is 9.59 Å². The van der Waals surface area contributed by atoms with Gasteiger partial charge in [-0.2, -0.15) is 4.98 Å². The van der Waals surface area contributed by atoms with Crippen molar-refractivity contribution in [1.29, 1.82) is 0 Å². The Kier molecular flexibility index (Phi) is 5.42. The van der Waals surface area contributed by atoms with Crippen LogP contribution in [0, 0.1) is 16.7 Å². The van der Waals surface area contributed by atoms with E-state index < -0.39 is 0 Å². The lowest BCUT2D eigenvalue weighted by Gasteiger charge is -2.31. The first-order chi connectivity index (χ1) is 14.1. The molecule has 0 aromatic carbocycles. The number of nitrogens with zero attached hydrogens (tertiary/aromatic N) is 4. The lowest BCUT2D eigenvalue weighted by Crippen LogP contribution is -2.39. The highest BCUT2D eigenvalue weighted by Crippen LogP contribution is 2.68. The van der Waals surface area contributed by atoms with Crippen molar-refractivity contribution in [2.24, 2.45) is 16.7 Å². The van der Waals surface area contributed by atoms with Gasteiger partial charge in [0.2, 0.25) is 17.0 Å². The van der Waals surface area contributed by atoms with Crippen molar-refractivity contribution in [2.75, 3.05) is 24.7 Å². The molecule has 10 heteroatoms. The Labute approximate surface area is 184 Å². The molecule has 2 amide bonds. The number of piperidine rings is 1. The molecule has 1 saturated heterocycles. The molecule has 2 N–H and O–H groups in total. The number of aromatic amines is 1. The van der Waals surface area contributed by atoms with Gasteiger partial charge in [0.05, 0.1) is 5.01 Å². The second kappa shape index (κ2) is 7.64. The highest BCUT2D eigenvalue weighted by molar-refractivity contribution is 7.98. The Bertz CT molecular complexity index is 944. The summed E-state index contributed by atoms with van der Waals surface area (Å²) in [5.74, 6) is 0.705. The molecule has 2 aromatic heterocycles. The molecular formula is C20H28N6O2S2. The molecule has 3 heterocycles. The lowest BCUT2D eigenvalue weighted by molar-refractivity contribution is -0.134. The van der Waals surface area contributed by atoms with E-state index in [1.165, 1.54) is 23.1 Å². The zero-order valence-electron chi connectivity index (χ0n) is 18.0. The maximum atomic E-state index is 13.0. The first-order valence-corrected chi connectivity index (χ1v) is 12.3. The van der Waals surface area contributed by atoms with Gasteiger partial charge < -0.3 is 4.90 Å². The van der Waals surface area contributed by atoms with Crippen LogP contribution in [-0.2, 0) is 4.79 Å². The Morgan fingerprint density at radius 1 is 1.20 bits per heavy atom. The third-order valence-corrected chi connectivity index (χ3v) is 8.61. The minimum atomic E-state index is -0.299. The topological polar surface area (TPSA) is 104 Å². The summed E-state index contributed by atoms with van der Waals surface area (Å²) in [5.41, 5.74) is 0.522. The SMILES string of the molecule is CSc1n[nH]c(NC(=O)c2csc(C3CCN(C(=O)C4C(C)(C)C4(C)C)CC3)n2)n1. The van der Waals surface area contributed by atoms with Crippen molar-refractivity contribution in [1.82, 2.24) is 25.1 Å². The van der Waals surface area contributed by atoms with E-state index in [1.807, 2.05) is 11.2 Å². The van der Waals surface area contributed by atoms with E-state index in [0.29, 0.717) is 22.7 Å². The van der Waals surface area contributed by atoms with Gasteiger partial charge in [0.1, 0.15) is 5.69 Å². The summed E-state index contributed by atoms with van der Waals surface area (Å²) in [4.78, 5) is 36.1. The molecule has 2 fully saturated rings. The summed E-state index contributed by atoms with van der Waals surface area (Å²) in [7, 11) is 0. The summed E-state index contributed by atoms with van der Waals surface area (Å²) in [6, 6.07) is 0. The standard InChI is InChI=1S/C20H28N6O2S2/c1-19(2)13(20(19,3)4)16(28)26-8-6-11(7-9-26)15-21-12(10-30-15)14(27)22-17-23-18(29-5)25-24-17/h10-11,13H,6-9H2,1-5H3,(H2,22,23,24,25,27). The van der Waals surface area contributed by atoms with E-state index in [4.69, 9.17) is 0 Å².